The maximum Gasteiger partial charge on any atom is 0.338 e. The molecule has 3 N–H and O–H groups in total. The van der Waals surface area contributed by atoms with E-state index in [0.29, 0.717) is 5.56 Å². The van der Waals surface area contributed by atoms with Gasteiger partial charge < -0.3 is 5.11 Å². The molecule has 5 heteroatoms. The first-order chi connectivity index (χ1) is 6.15. The monoisotopic (exact) mass is 185 g/mol. The van der Waals surface area contributed by atoms with Crippen LogP contribution < -0.4 is 5.90 Å². The average Bonchev–Trinajstić information content (AvgIpc) is 2.04. The average molecular weight is 185 g/mol. The number of aromatic carboxylic acids is 1. The molecule has 70 valence electrons. The molecule has 0 atom stereocenters. The van der Waals surface area contributed by atoms with Crippen LogP contribution in [0.25, 0.3) is 0 Å². The summed E-state index contributed by atoms with van der Waals surface area (Å²) in [5.41, 5.74) is 0.130. The van der Waals surface area contributed by atoms with Gasteiger partial charge in [-0.1, -0.05) is 6.07 Å². The molecule has 0 saturated carbocycles. The zero-order valence-corrected chi connectivity index (χ0v) is 6.66. The Kier molecular flexibility index (Phi) is 2.94. The van der Waals surface area contributed by atoms with Gasteiger partial charge in [-0.3, -0.25) is 4.84 Å². The predicted molar refractivity (Wildman–Crippen MR) is 42.3 cm³/mol. The van der Waals surface area contributed by atoms with Gasteiger partial charge in [-0.25, -0.2) is 15.1 Å². The van der Waals surface area contributed by atoms with Crippen LogP contribution in [0.1, 0.15) is 15.9 Å². The highest BCUT2D eigenvalue weighted by molar-refractivity contribution is 5.87. The number of halogens is 1. The quantitative estimate of drug-likeness (QED) is 0.686. The second-order valence-electron chi connectivity index (χ2n) is 2.43. The number of hydrogen-bond donors (Lipinski definition) is 2. The van der Waals surface area contributed by atoms with Crippen LogP contribution >= 0.6 is 0 Å². The highest BCUT2D eigenvalue weighted by Crippen LogP contribution is 2.10. The van der Waals surface area contributed by atoms with Crippen molar-refractivity contribution in [1.29, 1.82) is 0 Å². The lowest BCUT2D eigenvalue weighted by Crippen LogP contribution is -2.03. The topological polar surface area (TPSA) is 72.5 Å². The number of hydrogen-bond acceptors (Lipinski definition) is 3. The van der Waals surface area contributed by atoms with Crippen molar-refractivity contribution in [3.63, 3.8) is 0 Å². The molecule has 0 aliphatic rings. The lowest BCUT2D eigenvalue weighted by Gasteiger charge is -2.01. The van der Waals surface area contributed by atoms with Gasteiger partial charge in [0.1, 0.15) is 5.82 Å². The smallest absolute Gasteiger partial charge is 0.338 e. The van der Waals surface area contributed by atoms with Gasteiger partial charge in [-0.05, 0) is 17.7 Å². The summed E-state index contributed by atoms with van der Waals surface area (Å²) in [4.78, 5) is 14.7. The predicted octanol–water partition coefficient (Wildman–Crippen LogP) is 0.914. The molecular weight excluding hydrogens is 177 g/mol. The summed E-state index contributed by atoms with van der Waals surface area (Å²) in [5.74, 6) is 2.69. The fraction of sp³-hybridized carbons (Fsp3) is 0.125. The minimum atomic E-state index is -1.29. The van der Waals surface area contributed by atoms with Crippen LogP contribution in [0.3, 0.4) is 0 Å². The van der Waals surface area contributed by atoms with Crippen LogP contribution in [0.15, 0.2) is 18.2 Å². The maximum atomic E-state index is 12.9. The molecule has 1 rings (SSSR count). The second kappa shape index (κ2) is 3.97. The van der Waals surface area contributed by atoms with Gasteiger partial charge in [0.25, 0.3) is 0 Å². The van der Waals surface area contributed by atoms with Crippen LogP contribution in [0.5, 0.6) is 0 Å². The molecule has 0 radical (unpaired) electrons. The number of carboxylic acids is 1. The van der Waals surface area contributed by atoms with E-state index in [-0.39, 0.29) is 12.2 Å². The molecule has 1 aromatic rings. The van der Waals surface area contributed by atoms with Gasteiger partial charge in [0.15, 0.2) is 0 Å². The van der Waals surface area contributed by atoms with Crippen LogP contribution in [-0.4, -0.2) is 11.1 Å². The molecule has 0 unspecified atom stereocenters. The van der Waals surface area contributed by atoms with Gasteiger partial charge in [-0.15, -0.1) is 0 Å². The molecule has 0 amide bonds. The van der Waals surface area contributed by atoms with Gasteiger partial charge >= 0.3 is 5.97 Å². The highest BCUT2D eigenvalue weighted by atomic mass is 19.1. The van der Waals surface area contributed by atoms with E-state index in [4.69, 9.17) is 11.0 Å². The van der Waals surface area contributed by atoms with Crippen LogP contribution in [0.2, 0.25) is 0 Å². The van der Waals surface area contributed by atoms with Crippen molar-refractivity contribution in [2.45, 2.75) is 6.61 Å². The summed E-state index contributed by atoms with van der Waals surface area (Å²) < 4.78 is 12.9. The largest absolute Gasteiger partial charge is 0.478 e. The first-order valence-electron chi connectivity index (χ1n) is 3.48. The van der Waals surface area contributed by atoms with Crippen LogP contribution in [-0.2, 0) is 11.4 Å². The van der Waals surface area contributed by atoms with E-state index in [0.717, 1.165) is 6.07 Å². The van der Waals surface area contributed by atoms with Crippen molar-refractivity contribution in [2.24, 2.45) is 5.90 Å². The van der Waals surface area contributed by atoms with E-state index in [1.54, 1.807) is 0 Å². The third kappa shape index (κ3) is 2.24. The number of carbonyl (C=O) groups is 1. The van der Waals surface area contributed by atoms with Crippen molar-refractivity contribution < 1.29 is 19.1 Å². The van der Waals surface area contributed by atoms with E-state index in [1.807, 2.05) is 0 Å². The van der Waals surface area contributed by atoms with Crippen molar-refractivity contribution in [3.05, 3.63) is 35.1 Å². The zero-order valence-electron chi connectivity index (χ0n) is 6.66. The van der Waals surface area contributed by atoms with E-state index in [1.165, 1.54) is 12.1 Å². The van der Waals surface area contributed by atoms with Crippen molar-refractivity contribution in [2.75, 3.05) is 0 Å². The fourth-order valence-corrected chi connectivity index (χ4v) is 0.918. The lowest BCUT2D eigenvalue weighted by atomic mass is 10.1. The minimum absolute atomic E-state index is 0.0524. The number of nitrogens with two attached hydrogens (primary N) is 1. The Morgan fingerprint density at radius 3 is 2.77 bits per heavy atom. The normalized spacial score (nSPS) is 10.0. The Labute approximate surface area is 73.7 Å². The summed E-state index contributed by atoms with van der Waals surface area (Å²) >= 11 is 0. The third-order valence-electron chi connectivity index (χ3n) is 1.51. The second-order valence-corrected chi connectivity index (χ2v) is 2.43. The summed E-state index contributed by atoms with van der Waals surface area (Å²) in [6, 6.07) is 3.70. The third-order valence-corrected chi connectivity index (χ3v) is 1.51. The highest BCUT2D eigenvalue weighted by Gasteiger charge is 2.09. The SMILES string of the molecule is NOCc1ccc(C(=O)O)c(F)c1. The molecule has 0 heterocycles. The van der Waals surface area contributed by atoms with Crippen molar-refractivity contribution >= 4 is 5.97 Å². The molecule has 4 nitrogen and oxygen atoms in total. The van der Waals surface area contributed by atoms with Crippen molar-refractivity contribution in [3.8, 4) is 0 Å². The molecule has 1 aromatic carbocycles. The molecule has 0 aliphatic heterocycles. The minimum Gasteiger partial charge on any atom is -0.478 e. The molecule has 0 fully saturated rings. The molecule has 0 saturated heterocycles. The van der Waals surface area contributed by atoms with E-state index in [9.17, 15) is 9.18 Å². The van der Waals surface area contributed by atoms with Crippen LogP contribution in [0, 0.1) is 5.82 Å². The van der Waals surface area contributed by atoms with E-state index >= 15 is 0 Å². The Morgan fingerprint density at radius 2 is 2.31 bits per heavy atom. The molecule has 0 aliphatic carbocycles. The van der Waals surface area contributed by atoms with E-state index < -0.39 is 11.8 Å². The number of benzene rings is 1. The van der Waals surface area contributed by atoms with Crippen molar-refractivity contribution in [1.82, 2.24) is 0 Å². The van der Waals surface area contributed by atoms with E-state index in [2.05, 4.69) is 4.84 Å². The van der Waals surface area contributed by atoms with Gasteiger partial charge in [-0.2, -0.15) is 0 Å². The summed E-state index contributed by atoms with van der Waals surface area (Å²) in [7, 11) is 0. The van der Waals surface area contributed by atoms with Gasteiger partial charge in [0.2, 0.25) is 0 Å². The Balaban J connectivity index is 2.98. The molecule has 0 bridgehead atoms. The fourth-order valence-electron chi connectivity index (χ4n) is 0.918. The maximum absolute atomic E-state index is 12.9. The number of carboxylic acid groups (broad SMARTS) is 1. The molecule has 0 spiro atoms. The first-order valence-corrected chi connectivity index (χ1v) is 3.48. The Morgan fingerprint density at radius 1 is 1.62 bits per heavy atom. The first kappa shape index (κ1) is 9.63. The summed E-state index contributed by atoms with van der Waals surface area (Å²) in [6.45, 7) is 0.0524. The Bertz CT molecular complexity index is 327. The molecular formula is C8H8FNO3. The molecule has 13 heavy (non-hydrogen) atoms. The lowest BCUT2D eigenvalue weighted by molar-refractivity contribution is 0.0691. The standard InChI is InChI=1S/C8H8FNO3/c9-7-3-5(4-13-10)1-2-6(7)8(11)12/h1-3H,4,10H2,(H,11,12). The molecule has 0 aromatic heterocycles. The summed E-state index contributed by atoms with van der Waals surface area (Å²) in [5, 5.41) is 8.49. The Hall–Kier alpha value is -1.46. The van der Waals surface area contributed by atoms with Gasteiger partial charge in [0.05, 0.1) is 12.2 Å². The van der Waals surface area contributed by atoms with Crippen LogP contribution in [0.4, 0.5) is 4.39 Å². The summed E-state index contributed by atoms with van der Waals surface area (Å²) in [6.07, 6.45) is 0. The van der Waals surface area contributed by atoms with Gasteiger partial charge in [0, 0.05) is 0 Å². The zero-order chi connectivity index (χ0) is 9.84. The number of rotatable bonds is 3.